The summed E-state index contributed by atoms with van der Waals surface area (Å²) < 4.78 is 0. The monoisotopic (exact) mass is 260 g/mol. The molecular formula is C17H28N2. The number of benzene rings is 1. The zero-order chi connectivity index (χ0) is 13.7. The average Bonchev–Trinajstić information content (AvgIpc) is 2.46. The van der Waals surface area contributed by atoms with Crippen molar-refractivity contribution in [2.75, 3.05) is 27.2 Å². The molecule has 1 saturated carbocycles. The average molecular weight is 260 g/mol. The minimum atomic E-state index is 0.262. The predicted octanol–water partition coefficient (Wildman–Crippen LogP) is 2.95. The smallest absolute Gasteiger partial charge is 0.00755 e. The van der Waals surface area contributed by atoms with Gasteiger partial charge in [0.25, 0.3) is 0 Å². The van der Waals surface area contributed by atoms with Crippen molar-refractivity contribution in [2.45, 2.75) is 43.9 Å². The van der Waals surface area contributed by atoms with Gasteiger partial charge >= 0.3 is 0 Å². The van der Waals surface area contributed by atoms with Gasteiger partial charge in [0.1, 0.15) is 0 Å². The quantitative estimate of drug-likeness (QED) is 0.882. The predicted molar refractivity (Wildman–Crippen MR) is 82.5 cm³/mol. The second-order valence-corrected chi connectivity index (χ2v) is 6.30. The molecule has 0 amide bonds. The van der Waals surface area contributed by atoms with Crippen molar-refractivity contribution < 1.29 is 0 Å². The lowest BCUT2D eigenvalue weighted by Crippen LogP contribution is -2.37. The summed E-state index contributed by atoms with van der Waals surface area (Å²) in [5.41, 5.74) is 9.25. The number of nitrogens with two attached hydrogens (primary N) is 1. The van der Waals surface area contributed by atoms with Crippen LogP contribution >= 0.6 is 0 Å². The van der Waals surface area contributed by atoms with Crippen molar-refractivity contribution in [3.05, 3.63) is 35.4 Å². The molecule has 2 N–H and O–H groups in total. The van der Waals surface area contributed by atoms with Gasteiger partial charge in [0.2, 0.25) is 0 Å². The molecule has 0 bridgehead atoms. The molecule has 2 heteroatoms. The van der Waals surface area contributed by atoms with Crippen molar-refractivity contribution in [2.24, 2.45) is 5.73 Å². The van der Waals surface area contributed by atoms with E-state index in [4.69, 9.17) is 5.73 Å². The van der Waals surface area contributed by atoms with Crippen molar-refractivity contribution in [1.29, 1.82) is 0 Å². The Morgan fingerprint density at radius 2 is 1.68 bits per heavy atom. The molecule has 0 saturated heterocycles. The molecule has 1 fully saturated rings. The fourth-order valence-electron chi connectivity index (χ4n) is 3.22. The van der Waals surface area contributed by atoms with Crippen LogP contribution in [0.5, 0.6) is 0 Å². The summed E-state index contributed by atoms with van der Waals surface area (Å²) >= 11 is 0. The van der Waals surface area contributed by atoms with Crippen LogP contribution in [0, 0.1) is 0 Å². The third kappa shape index (κ3) is 3.58. The summed E-state index contributed by atoms with van der Waals surface area (Å²) in [6, 6.07) is 9.24. The van der Waals surface area contributed by atoms with Crippen LogP contribution in [0.2, 0.25) is 0 Å². The zero-order valence-corrected chi connectivity index (χ0v) is 12.5. The van der Waals surface area contributed by atoms with Crippen LogP contribution in [0.3, 0.4) is 0 Å². The maximum Gasteiger partial charge on any atom is 0.00755 e. The van der Waals surface area contributed by atoms with E-state index >= 15 is 0 Å². The molecule has 0 atom stereocenters. The van der Waals surface area contributed by atoms with Crippen molar-refractivity contribution in [1.82, 2.24) is 4.90 Å². The van der Waals surface area contributed by atoms with E-state index in [0.29, 0.717) is 0 Å². The van der Waals surface area contributed by atoms with Gasteiger partial charge in [-0.1, -0.05) is 43.5 Å². The molecule has 0 unspecified atom stereocenters. The highest BCUT2D eigenvalue weighted by molar-refractivity contribution is 5.30. The fourth-order valence-corrected chi connectivity index (χ4v) is 3.22. The molecule has 19 heavy (non-hydrogen) atoms. The molecule has 106 valence electrons. The van der Waals surface area contributed by atoms with E-state index in [-0.39, 0.29) is 5.41 Å². The van der Waals surface area contributed by atoms with Crippen LogP contribution in [0.15, 0.2) is 24.3 Å². The lowest BCUT2D eigenvalue weighted by Gasteiger charge is -2.37. The van der Waals surface area contributed by atoms with Crippen LogP contribution in [-0.4, -0.2) is 32.1 Å². The summed E-state index contributed by atoms with van der Waals surface area (Å²) in [6.07, 6.45) is 7.70. The van der Waals surface area contributed by atoms with E-state index in [1.807, 2.05) is 0 Å². The first kappa shape index (κ1) is 14.5. The Labute approximate surface area is 118 Å². The highest BCUT2D eigenvalue weighted by atomic mass is 15.0. The van der Waals surface area contributed by atoms with E-state index in [1.165, 1.54) is 43.2 Å². The molecule has 0 heterocycles. The number of likely N-dealkylation sites (N-methyl/N-ethyl adjacent to an activating group) is 1. The third-order valence-electron chi connectivity index (χ3n) is 4.62. The molecule has 1 aliphatic rings. The summed E-state index contributed by atoms with van der Waals surface area (Å²) in [5, 5.41) is 0. The molecule has 0 spiro atoms. The molecule has 1 aromatic rings. The van der Waals surface area contributed by atoms with Gasteiger partial charge in [-0.15, -0.1) is 0 Å². The Morgan fingerprint density at radius 3 is 2.21 bits per heavy atom. The Balaban J connectivity index is 2.07. The minimum absolute atomic E-state index is 0.262. The lowest BCUT2D eigenvalue weighted by molar-refractivity contribution is 0.301. The van der Waals surface area contributed by atoms with E-state index in [1.54, 1.807) is 0 Å². The van der Waals surface area contributed by atoms with Crippen LogP contribution in [0.25, 0.3) is 0 Å². The Bertz CT molecular complexity index is 375. The number of hydrogen-bond acceptors (Lipinski definition) is 2. The fraction of sp³-hybridized carbons (Fsp3) is 0.647. The third-order valence-corrected chi connectivity index (χ3v) is 4.62. The summed E-state index contributed by atoms with van der Waals surface area (Å²) in [4.78, 5) is 2.23. The molecule has 1 aromatic carbocycles. The van der Waals surface area contributed by atoms with Crippen molar-refractivity contribution in [3.63, 3.8) is 0 Å². The van der Waals surface area contributed by atoms with Crippen LogP contribution in [-0.2, 0) is 11.8 Å². The van der Waals surface area contributed by atoms with E-state index in [2.05, 4.69) is 43.3 Å². The Morgan fingerprint density at radius 1 is 1.05 bits per heavy atom. The van der Waals surface area contributed by atoms with Crippen LogP contribution in [0.4, 0.5) is 0 Å². The molecule has 0 radical (unpaired) electrons. The van der Waals surface area contributed by atoms with Gasteiger partial charge in [-0.25, -0.2) is 0 Å². The Hall–Kier alpha value is -0.860. The highest BCUT2D eigenvalue weighted by Crippen LogP contribution is 2.38. The summed E-state index contributed by atoms with van der Waals surface area (Å²) in [6.45, 7) is 1.91. The zero-order valence-electron chi connectivity index (χ0n) is 12.5. The molecule has 1 aliphatic carbocycles. The second-order valence-electron chi connectivity index (χ2n) is 6.30. The number of nitrogens with zero attached hydrogens (tertiary/aromatic N) is 1. The van der Waals surface area contributed by atoms with Gasteiger partial charge in [-0.3, -0.25) is 0 Å². The first-order valence-electron chi connectivity index (χ1n) is 7.60. The summed E-state index contributed by atoms with van der Waals surface area (Å²) in [5.74, 6) is 0. The normalized spacial score (nSPS) is 18.7. The van der Waals surface area contributed by atoms with Crippen LogP contribution in [0.1, 0.15) is 43.2 Å². The van der Waals surface area contributed by atoms with Gasteiger partial charge in [-0.05, 0) is 44.5 Å². The molecule has 2 nitrogen and oxygen atoms in total. The SMILES string of the molecule is CN(C)CCc1ccc(C2(CN)CCCCC2)cc1. The first-order valence-corrected chi connectivity index (χ1v) is 7.60. The number of rotatable bonds is 5. The molecular weight excluding hydrogens is 232 g/mol. The molecule has 0 aliphatic heterocycles. The topological polar surface area (TPSA) is 29.3 Å². The van der Waals surface area contributed by atoms with Gasteiger partial charge in [0.15, 0.2) is 0 Å². The van der Waals surface area contributed by atoms with Crippen molar-refractivity contribution in [3.8, 4) is 0 Å². The van der Waals surface area contributed by atoms with Gasteiger partial charge in [0.05, 0.1) is 0 Å². The van der Waals surface area contributed by atoms with Gasteiger partial charge in [-0.2, -0.15) is 0 Å². The maximum atomic E-state index is 6.10. The van der Waals surface area contributed by atoms with Gasteiger partial charge < -0.3 is 10.6 Å². The van der Waals surface area contributed by atoms with Crippen molar-refractivity contribution >= 4 is 0 Å². The van der Waals surface area contributed by atoms with Gasteiger partial charge in [0, 0.05) is 18.5 Å². The largest absolute Gasteiger partial charge is 0.330 e. The summed E-state index contributed by atoms with van der Waals surface area (Å²) in [7, 11) is 4.25. The maximum absolute atomic E-state index is 6.10. The minimum Gasteiger partial charge on any atom is -0.330 e. The van der Waals surface area contributed by atoms with E-state index in [0.717, 1.165) is 19.5 Å². The highest BCUT2D eigenvalue weighted by Gasteiger charge is 2.32. The first-order chi connectivity index (χ1) is 9.16. The second kappa shape index (κ2) is 6.53. The van der Waals surface area contributed by atoms with E-state index < -0.39 is 0 Å². The van der Waals surface area contributed by atoms with Crippen LogP contribution < -0.4 is 5.73 Å². The lowest BCUT2D eigenvalue weighted by atomic mass is 9.69. The Kier molecular flexibility index (Phi) is 5.00. The molecule has 0 aromatic heterocycles. The van der Waals surface area contributed by atoms with E-state index in [9.17, 15) is 0 Å². The standard InChI is InChI=1S/C17H28N2/c1-19(2)13-10-15-6-8-16(9-7-15)17(14-18)11-4-3-5-12-17/h6-9H,3-5,10-14,18H2,1-2H3. The number of hydrogen-bond donors (Lipinski definition) is 1. The molecule has 2 rings (SSSR count).